The van der Waals surface area contributed by atoms with Gasteiger partial charge in [0.05, 0.1) is 7.11 Å². The fraction of sp³-hybridized carbons (Fsp3) is 0.556. The van der Waals surface area contributed by atoms with E-state index in [4.69, 9.17) is 5.73 Å². The normalized spacial score (nSPS) is 10.0. The second kappa shape index (κ2) is 5.83. The monoisotopic (exact) mass is 242 g/mol. The Balaban J connectivity index is 2.80. The Morgan fingerprint density at radius 3 is 2.65 bits per heavy atom. The molecule has 1 amide bonds. The van der Waals surface area contributed by atoms with Gasteiger partial charge in [-0.15, -0.1) is 0 Å². The zero-order chi connectivity index (χ0) is 12.8. The summed E-state index contributed by atoms with van der Waals surface area (Å²) in [5.41, 5.74) is 5.31. The van der Waals surface area contributed by atoms with Crippen LogP contribution in [0.2, 0.25) is 0 Å². The Labute approximate surface area is 97.7 Å². The fourth-order valence-electron chi connectivity index (χ4n) is 1.24. The van der Waals surface area contributed by atoms with E-state index < -0.39 is 11.9 Å². The standard InChI is InChI=1S/C9H14N4O4/c1-3-4-13(5-6(14)16-2)9(15)7-8(10)12-17-11-7/h3-5H2,1-2H3,(H2,10,12). The van der Waals surface area contributed by atoms with Gasteiger partial charge in [0, 0.05) is 6.54 Å². The molecule has 1 rings (SSSR count). The van der Waals surface area contributed by atoms with Gasteiger partial charge in [0.2, 0.25) is 11.5 Å². The zero-order valence-electron chi connectivity index (χ0n) is 9.67. The summed E-state index contributed by atoms with van der Waals surface area (Å²) < 4.78 is 8.84. The molecule has 0 aliphatic carbocycles. The number of nitrogen functional groups attached to an aromatic ring is 1. The van der Waals surface area contributed by atoms with Gasteiger partial charge in [-0.05, 0) is 16.7 Å². The minimum absolute atomic E-state index is 0.0950. The topological polar surface area (TPSA) is 112 Å². The Bertz CT molecular complexity index is 403. The molecule has 0 aromatic carbocycles. The molecule has 0 saturated heterocycles. The third-order valence-corrected chi connectivity index (χ3v) is 2.04. The first-order valence-corrected chi connectivity index (χ1v) is 5.04. The second-order valence-electron chi connectivity index (χ2n) is 3.30. The van der Waals surface area contributed by atoms with Crippen LogP contribution in [0, 0.1) is 0 Å². The Hall–Kier alpha value is -2.12. The van der Waals surface area contributed by atoms with Crippen molar-refractivity contribution in [1.29, 1.82) is 0 Å². The van der Waals surface area contributed by atoms with Crippen LogP contribution >= 0.6 is 0 Å². The lowest BCUT2D eigenvalue weighted by atomic mass is 10.3. The lowest BCUT2D eigenvalue weighted by Crippen LogP contribution is -2.37. The molecule has 8 nitrogen and oxygen atoms in total. The van der Waals surface area contributed by atoms with Gasteiger partial charge in [-0.2, -0.15) is 0 Å². The number of esters is 1. The summed E-state index contributed by atoms with van der Waals surface area (Å²) in [5, 5.41) is 6.71. The van der Waals surface area contributed by atoms with Crippen molar-refractivity contribution in [3.05, 3.63) is 5.69 Å². The first kappa shape index (κ1) is 12.9. The molecule has 0 fully saturated rings. The first-order chi connectivity index (χ1) is 8.10. The van der Waals surface area contributed by atoms with Crippen LogP contribution in [0.4, 0.5) is 5.82 Å². The molecule has 2 N–H and O–H groups in total. The number of rotatable bonds is 5. The Morgan fingerprint density at radius 1 is 1.47 bits per heavy atom. The van der Waals surface area contributed by atoms with E-state index in [0.717, 1.165) is 0 Å². The average Bonchev–Trinajstić information content (AvgIpc) is 2.73. The van der Waals surface area contributed by atoms with E-state index in [2.05, 4.69) is 19.7 Å². The molecule has 0 radical (unpaired) electrons. The van der Waals surface area contributed by atoms with Crippen LogP contribution in [0.25, 0.3) is 0 Å². The summed E-state index contributed by atoms with van der Waals surface area (Å²) in [6, 6.07) is 0. The molecule has 0 aliphatic rings. The van der Waals surface area contributed by atoms with Gasteiger partial charge in [-0.1, -0.05) is 6.92 Å². The molecule has 8 heteroatoms. The van der Waals surface area contributed by atoms with Crippen LogP contribution in [0.5, 0.6) is 0 Å². The van der Waals surface area contributed by atoms with Gasteiger partial charge in [0.25, 0.3) is 5.91 Å². The summed E-state index contributed by atoms with van der Waals surface area (Å²) in [6.07, 6.45) is 0.688. The highest BCUT2D eigenvalue weighted by molar-refractivity contribution is 5.97. The van der Waals surface area contributed by atoms with Crippen LogP contribution in [-0.4, -0.2) is 47.3 Å². The van der Waals surface area contributed by atoms with Gasteiger partial charge in [-0.3, -0.25) is 9.59 Å². The number of nitrogens with two attached hydrogens (primary N) is 1. The molecule has 0 aliphatic heterocycles. The minimum atomic E-state index is -0.512. The van der Waals surface area contributed by atoms with Gasteiger partial charge in [0.1, 0.15) is 6.54 Å². The number of carbonyl (C=O) groups is 2. The number of methoxy groups -OCH3 is 1. The third-order valence-electron chi connectivity index (χ3n) is 2.04. The molecule has 1 aromatic heterocycles. The number of carbonyl (C=O) groups excluding carboxylic acids is 2. The van der Waals surface area contributed by atoms with Gasteiger partial charge in [0.15, 0.2) is 0 Å². The average molecular weight is 242 g/mol. The van der Waals surface area contributed by atoms with E-state index in [1.54, 1.807) is 0 Å². The molecule has 0 spiro atoms. The second-order valence-corrected chi connectivity index (χ2v) is 3.30. The molecule has 0 atom stereocenters. The van der Waals surface area contributed by atoms with Crippen molar-refractivity contribution in [3.63, 3.8) is 0 Å². The van der Waals surface area contributed by atoms with Gasteiger partial charge < -0.3 is 15.4 Å². The zero-order valence-corrected chi connectivity index (χ0v) is 9.67. The largest absolute Gasteiger partial charge is 0.468 e. The molecule has 1 aromatic rings. The number of nitrogens with zero attached hydrogens (tertiary/aromatic N) is 3. The number of ether oxygens (including phenoxy) is 1. The molecule has 0 bridgehead atoms. The molecule has 0 unspecified atom stereocenters. The van der Waals surface area contributed by atoms with Crippen LogP contribution in [0.1, 0.15) is 23.8 Å². The highest BCUT2D eigenvalue weighted by Crippen LogP contribution is 2.09. The maximum absolute atomic E-state index is 11.9. The SMILES string of the molecule is CCCN(CC(=O)OC)C(=O)c1nonc1N. The lowest BCUT2D eigenvalue weighted by molar-refractivity contribution is -0.141. The van der Waals surface area contributed by atoms with Crippen LogP contribution in [0.3, 0.4) is 0 Å². The smallest absolute Gasteiger partial charge is 0.325 e. The predicted octanol–water partition coefficient (Wildman–Crippen LogP) is -0.323. The van der Waals surface area contributed by atoms with Gasteiger partial charge in [-0.25, -0.2) is 4.63 Å². The molecule has 0 saturated carbocycles. The van der Waals surface area contributed by atoms with E-state index in [9.17, 15) is 9.59 Å². The summed E-state index contributed by atoms with van der Waals surface area (Å²) >= 11 is 0. The number of amides is 1. The van der Waals surface area contributed by atoms with Crippen molar-refractivity contribution in [3.8, 4) is 0 Å². The predicted molar refractivity (Wildman–Crippen MR) is 56.9 cm³/mol. The Morgan fingerprint density at radius 2 is 2.18 bits per heavy atom. The summed E-state index contributed by atoms with van der Waals surface area (Å²) in [7, 11) is 1.25. The van der Waals surface area contributed by atoms with Crippen molar-refractivity contribution >= 4 is 17.7 Å². The number of aromatic nitrogens is 2. The Kier molecular flexibility index (Phi) is 4.44. The minimum Gasteiger partial charge on any atom is -0.468 e. The maximum Gasteiger partial charge on any atom is 0.325 e. The molecular weight excluding hydrogens is 228 g/mol. The van der Waals surface area contributed by atoms with Crippen molar-refractivity contribution < 1.29 is 19.0 Å². The first-order valence-electron chi connectivity index (χ1n) is 5.04. The summed E-state index contributed by atoms with van der Waals surface area (Å²) in [6.45, 7) is 2.11. The van der Waals surface area contributed by atoms with Crippen LogP contribution in [-0.2, 0) is 9.53 Å². The quantitative estimate of drug-likeness (QED) is 0.704. The third kappa shape index (κ3) is 3.16. The number of hydrogen-bond acceptors (Lipinski definition) is 7. The molecule has 17 heavy (non-hydrogen) atoms. The molecule has 94 valence electrons. The molecular formula is C9H14N4O4. The van der Waals surface area contributed by atoms with Gasteiger partial charge >= 0.3 is 5.97 Å². The summed E-state index contributed by atoms with van der Waals surface area (Å²) in [5.74, 6) is -1.11. The number of anilines is 1. The maximum atomic E-state index is 11.9. The van der Waals surface area contributed by atoms with Crippen molar-refractivity contribution in [1.82, 2.24) is 15.2 Å². The van der Waals surface area contributed by atoms with Crippen molar-refractivity contribution in [2.75, 3.05) is 25.9 Å². The van der Waals surface area contributed by atoms with E-state index >= 15 is 0 Å². The van der Waals surface area contributed by atoms with E-state index in [1.165, 1.54) is 12.0 Å². The fourth-order valence-corrected chi connectivity index (χ4v) is 1.24. The van der Waals surface area contributed by atoms with E-state index in [0.29, 0.717) is 13.0 Å². The van der Waals surface area contributed by atoms with E-state index in [1.807, 2.05) is 6.92 Å². The number of hydrogen-bond donors (Lipinski definition) is 1. The van der Waals surface area contributed by atoms with Crippen molar-refractivity contribution in [2.24, 2.45) is 0 Å². The summed E-state index contributed by atoms with van der Waals surface area (Å²) in [4.78, 5) is 24.4. The highest BCUT2D eigenvalue weighted by atomic mass is 16.6. The van der Waals surface area contributed by atoms with Crippen molar-refractivity contribution in [2.45, 2.75) is 13.3 Å². The van der Waals surface area contributed by atoms with Crippen LogP contribution in [0.15, 0.2) is 4.63 Å². The van der Waals surface area contributed by atoms with E-state index in [-0.39, 0.29) is 18.1 Å². The lowest BCUT2D eigenvalue weighted by Gasteiger charge is -2.19. The molecule has 1 heterocycles. The van der Waals surface area contributed by atoms with Crippen LogP contribution < -0.4 is 5.73 Å². The highest BCUT2D eigenvalue weighted by Gasteiger charge is 2.24.